The Kier molecular flexibility index (Phi) is 3.94. The molecule has 5 heterocycles. The van der Waals surface area contributed by atoms with Gasteiger partial charge in [0.2, 0.25) is 0 Å². The van der Waals surface area contributed by atoms with Crippen LogP contribution in [0.3, 0.4) is 0 Å². The van der Waals surface area contributed by atoms with Crippen LogP contribution in [0.2, 0.25) is 0 Å². The van der Waals surface area contributed by atoms with Crippen molar-refractivity contribution < 1.29 is 9.50 Å². The molecule has 0 aliphatic rings. The van der Waals surface area contributed by atoms with E-state index in [1.807, 2.05) is 18.2 Å². The minimum atomic E-state index is -0.534. The van der Waals surface area contributed by atoms with Crippen molar-refractivity contribution in [2.75, 3.05) is 0 Å². The van der Waals surface area contributed by atoms with E-state index in [4.69, 9.17) is 4.98 Å². The molecule has 9 heteroatoms. The average molecular weight is 423 g/mol. The number of aromatic nitrogens is 7. The van der Waals surface area contributed by atoms with E-state index in [0.29, 0.717) is 39.5 Å². The highest BCUT2D eigenvalue weighted by molar-refractivity contribution is 5.96. The number of nitrogens with one attached hydrogen (secondary N) is 2. The van der Waals surface area contributed by atoms with Crippen LogP contribution in [0.15, 0.2) is 67.3 Å². The van der Waals surface area contributed by atoms with Crippen molar-refractivity contribution in [2.24, 2.45) is 0 Å². The molecule has 8 nitrogen and oxygen atoms in total. The summed E-state index contributed by atoms with van der Waals surface area (Å²) in [4.78, 5) is 20.8. The molecule has 0 amide bonds. The highest BCUT2D eigenvalue weighted by Crippen LogP contribution is 2.33. The van der Waals surface area contributed by atoms with Crippen LogP contribution >= 0.6 is 0 Å². The number of aromatic hydroxyl groups is 1. The Morgan fingerprint density at radius 2 is 1.72 bits per heavy atom. The van der Waals surface area contributed by atoms with Crippen LogP contribution in [-0.2, 0) is 0 Å². The summed E-state index contributed by atoms with van der Waals surface area (Å²) < 4.78 is 13.9. The highest BCUT2D eigenvalue weighted by Gasteiger charge is 2.17. The van der Waals surface area contributed by atoms with Crippen LogP contribution in [0.25, 0.3) is 56.0 Å². The molecule has 0 bridgehead atoms. The fourth-order valence-electron chi connectivity index (χ4n) is 3.77. The Morgan fingerprint density at radius 3 is 2.56 bits per heavy atom. The lowest BCUT2D eigenvalue weighted by Crippen LogP contribution is -1.85. The third kappa shape index (κ3) is 2.95. The predicted octanol–water partition coefficient (Wildman–Crippen LogP) is 4.47. The predicted molar refractivity (Wildman–Crippen MR) is 117 cm³/mol. The van der Waals surface area contributed by atoms with E-state index in [2.05, 4.69) is 30.1 Å². The molecule has 32 heavy (non-hydrogen) atoms. The highest BCUT2D eigenvalue weighted by atomic mass is 19.1. The molecule has 0 unspecified atom stereocenters. The Hall–Kier alpha value is -4.66. The van der Waals surface area contributed by atoms with Gasteiger partial charge >= 0.3 is 0 Å². The summed E-state index contributed by atoms with van der Waals surface area (Å²) in [7, 11) is 0. The number of hydrogen-bond acceptors (Lipinski definition) is 6. The molecule has 6 rings (SSSR count). The van der Waals surface area contributed by atoms with Crippen molar-refractivity contribution in [1.82, 2.24) is 35.1 Å². The molecule has 0 spiro atoms. The number of aromatic amines is 2. The van der Waals surface area contributed by atoms with Crippen LogP contribution in [0.5, 0.6) is 5.75 Å². The zero-order valence-electron chi connectivity index (χ0n) is 16.4. The summed E-state index contributed by atoms with van der Waals surface area (Å²) in [5.74, 6) is -0.192. The Labute approximate surface area is 179 Å². The lowest BCUT2D eigenvalue weighted by atomic mass is 10.1. The van der Waals surface area contributed by atoms with Crippen molar-refractivity contribution in [3.63, 3.8) is 0 Å². The summed E-state index contributed by atoms with van der Waals surface area (Å²) in [5, 5.41) is 17.9. The molecule has 0 atom stereocenters. The number of phenols is 1. The van der Waals surface area contributed by atoms with Crippen molar-refractivity contribution in [1.29, 1.82) is 0 Å². The fourth-order valence-corrected chi connectivity index (χ4v) is 3.77. The van der Waals surface area contributed by atoms with E-state index in [1.54, 1.807) is 30.9 Å². The number of H-pyrrole nitrogens is 2. The second kappa shape index (κ2) is 6.95. The van der Waals surface area contributed by atoms with Crippen LogP contribution in [0, 0.1) is 5.82 Å². The third-order valence-electron chi connectivity index (χ3n) is 5.23. The van der Waals surface area contributed by atoms with Crippen LogP contribution < -0.4 is 0 Å². The average Bonchev–Trinajstić information content (AvgIpc) is 3.42. The SMILES string of the molecule is Oc1cc(F)cc(-c2ccnc3[nH]c(-c4n[nH]c5ncc(-c6ccncc6)cc45)nc23)c1. The molecule has 5 aromatic heterocycles. The molecule has 0 fully saturated rings. The van der Waals surface area contributed by atoms with Gasteiger partial charge in [-0.3, -0.25) is 10.1 Å². The number of imidazole rings is 1. The zero-order valence-corrected chi connectivity index (χ0v) is 16.4. The van der Waals surface area contributed by atoms with Gasteiger partial charge in [-0.05, 0) is 47.5 Å². The standard InChI is InChI=1S/C23H14FN7O/c24-15-7-13(8-16(32)10-15)17-3-6-26-22-19(17)28-23(29-22)20-18-9-14(11-27-21(18)31-30-20)12-1-4-25-5-2-12/h1-11,32H,(H,26,28,29)(H,27,30,31). The maximum Gasteiger partial charge on any atom is 0.161 e. The lowest BCUT2D eigenvalue weighted by Gasteiger charge is -2.03. The number of phenolic OH excluding ortho intramolecular Hbond substituents is 1. The first-order valence-corrected chi connectivity index (χ1v) is 9.75. The fraction of sp³-hybridized carbons (Fsp3) is 0. The van der Waals surface area contributed by atoms with Gasteiger partial charge in [-0.2, -0.15) is 5.10 Å². The van der Waals surface area contributed by atoms with Crippen LogP contribution in [-0.4, -0.2) is 40.2 Å². The largest absolute Gasteiger partial charge is 0.508 e. The second-order valence-corrected chi connectivity index (χ2v) is 7.27. The number of halogens is 1. The van der Waals surface area contributed by atoms with Crippen molar-refractivity contribution in [2.45, 2.75) is 0 Å². The summed E-state index contributed by atoms with van der Waals surface area (Å²) in [6, 6.07) is 11.4. The number of pyridine rings is 3. The normalized spacial score (nSPS) is 11.4. The minimum absolute atomic E-state index is 0.159. The molecular weight excluding hydrogens is 409 g/mol. The second-order valence-electron chi connectivity index (χ2n) is 7.27. The van der Waals surface area contributed by atoms with E-state index >= 15 is 0 Å². The first-order chi connectivity index (χ1) is 15.7. The van der Waals surface area contributed by atoms with E-state index in [9.17, 15) is 9.50 Å². The van der Waals surface area contributed by atoms with E-state index in [-0.39, 0.29) is 5.75 Å². The van der Waals surface area contributed by atoms with Crippen molar-refractivity contribution >= 4 is 22.2 Å². The van der Waals surface area contributed by atoms with Gasteiger partial charge < -0.3 is 10.1 Å². The molecule has 6 aromatic rings. The van der Waals surface area contributed by atoms with Crippen molar-refractivity contribution in [3.8, 4) is 39.5 Å². The molecule has 0 aliphatic heterocycles. The summed E-state index contributed by atoms with van der Waals surface area (Å²) in [6.07, 6.45) is 6.83. The van der Waals surface area contributed by atoms with Gasteiger partial charge in [0.25, 0.3) is 0 Å². The molecule has 3 N–H and O–H groups in total. The van der Waals surface area contributed by atoms with Gasteiger partial charge in [0.05, 0.1) is 5.39 Å². The Balaban J connectivity index is 1.52. The van der Waals surface area contributed by atoms with Crippen molar-refractivity contribution in [3.05, 3.63) is 73.1 Å². The van der Waals surface area contributed by atoms with Crippen LogP contribution in [0.4, 0.5) is 4.39 Å². The molecule has 0 saturated carbocycles. The summed E-state index contributed by atoms with van der Waals surface area (Å²) in [5.41, 5.74) is 5.34. The van der Waals surface area contributed by atoms with E-state index < -0.39 is 5.82 Å². The molecule has 0 aliphatic carbocycles. The number of benzene rings is 1. The topological polar surface area (TPSA) is 116 Å². The van der Waals surface area contributed by atoms with Gasteiger partial charge in [0, 0.05) is 42.0 Å². The van der Waals surface area contributed by atoms with E-state index in [1.165, 1.54) is 12.1 Å². The summed E-state index contributed by atoms with van der Waals surface area (Å²) in [6.45, 7) is 0. The summed E-state index contributed by atoms with van der Waals surface area (Å²) >= 11 is 0. The molecular formula is C23H14FN7O. The quantitative estimate of drug-likeness (QED) is 0.387. The number of nitrogens with zero attached hydrogens (tertiary/aromatic N) is 5. The molecule has 0 radical (unpaired) electrons. The third-order valence-corrected chi connectivity index (χ3v) is 5.23. The van der Waals surface area contributed by atoms with Gasteiger partial charge in [0.1, 0.15) is 22.8 Å². The monoisotopic (exact) mass is 423 g/mol. The number of rotatable bonds is 3. The lowest BCUT2D eigenvalue weighted by molar-refractivity contribution is 0.469. The first kappa shape index (κ1) is 18.1. The molecule has 154 valence electrons. The Bertz CT molecular complexity index is 1590. The number of hydrogen-bond donors (Lipinski definition) is 3. The van der Waals surface area contributed by atoms with Gasteiger partial charge in [0.15, 0.2) is 17.1 Å². The van der Waals surface area contributed by atoms with E-state index in [0.717, 1.165) is 22.6 Å². The first-order valence-electron chi connectivity index (χ1n) is 9.75. The number of fused-ring (bicyclic) bond motifs is 2. The molecule has 1 aromatic carbocycles. The van der Waals surface area contributed by atoms with Gasteiger partial charge in [-0.15, -0.1) is 0 Å². The zero-order chi connectivity index (χ0) is 21.7. The Morgan fingerprint density at radius 1 is 0.844 bits per heavy atom. The smallest absolute Gasteiger partial charge is 0.161 e. The molecule has 0 saturated heterocycles. The van der Waals surface area contributed by atoms with Gasteiger partial charge in [-0.25, -0.2) is 19.3 Å². The minimum Gasteiger partial charge on any atom is -0.508 e. The van der Waals surface area contributed by atoms with Gasteiger partial charge in [-0.1, -0.05) is 0 Å². The maximum atomic E-state index is 13.9. The van der Waals surface area contributed by atoms with Crippen LogP contribution in [0.1, 0.15) is 0 Å². The maximum absolute atomic E-state index is 13.9.